The van der Waals surface area contributed by atoms with Gasteiger partial charge in [0.15, 0.2) is 0 Å². The van der Waals surface area contributed by atoms with Crippen molar-refractivity contribution in [3.63, 3.8) is 0 Å². The molecule has 25 heavy (non-hydrogen) atoms. The maximum absolute atomic E-state index is 12.2. The quantitative estimate of drug-likeness (QED) is 0.645. The molecule has 0 radical (unpaired) electrons. The Balaban J connectivity index is 1.51. The highest BCUT2D eigenvalue weighted by atomic mass is 16.5. The van der Waals surface area contributed by atoms with Crippen LogP contribution >= 0.6 is 0 Å². The van der Waals surface area contributed by atoms with Gasteiger partial charge in [-0.2, -0.15) is 0 Å². The van der Waals surface area contributed by atoms with Gasteiger partial charge in [-0.1, -0.05) is 18.2 Å². The lowest BCUT2D eigenvalue weighted by Gasteiger charge is -2.09. The minimum atomic E-state index is -0.193. The summed E-state index contributed by atoms with van der Waals surface area (Å²) in [5.74, 6) is 1.66. The number of pyridine rings is 1. The molecular weight excluding hydrogens is 318 g/mol. The van der Waals surface area contributed by atoms with Crippen LogP contribution in [0.2, 0.25) is 0 Å². The third kappa shape index (κ3) is 5.00. The van der Waals surface area contributed by atoms with Gasteiger partial charge in [0.1, 0.15) is 24.0 Å². The molecule has 0 saturated heterocycles. The normalized spacial score (nSPS) is 10.1. The molecule has 0 atom stereocenters. The molecule has 2 N–H and O–H groups in total. The van der Waals surface area contributed by atoms with Crippen LogP contribution in [0.3, 0.4) is 0 Å². The van der Waals surface area contributed by atoms with Crippen molar-refractivity contribution in [3.8, 4) is 5.75 Å². The van der Waals surface area contributed by atoms with E-state index in [4.69, 9.17) is 4.74 Å². The van der Waals surface area contributed by atoms with E-state index in [1.165, 1.54) is 0 Å². The van der Waals surface area contributed by atoms with Crippen molar-refractivity contribution in [2.75, 3.05) is 18.5 Å². The molecule has 1 aromatic carbocycles. The average molecular weight is 335 g/mol. The van der Waals surface area contributed by atoms with Crippen LogP contribution in [0.1, 0.15) is 10.4 Å². The molecular formula is C18H17N5O2. The van der Waals surface area contributed by atoms with E-state index in [9.17, 15) is 4.79 Å². The molecule has 0 unspecified atom stereocenters. The van der Waals surface area contributed by atoms with Gasteiger partial charge < -0.3 is 15.4 Å². The summed E-state index contributed by atoms with van der Waals surface area (Å²) in [6.45, 7) is 0.800. The number of para-hydroxylation sites is 1. The van der Waals surface area contributed by atoms with E-state index in [1.54, 1.807) is 36.9 Å². The summed E-state index contributed by atoms with van der Waals surface area (Å²) >= 11 is 0. The summed E-state index contributed by atoms with van der Waals surface area (Å²) in [6.07, 6.45) is 6.30. The zero-order chi connectivity index (χ0) is 17.3. The monoisotopic (exact) mass is 335 g/mol. The van der Waals surface area contributed by atoms with Gasteiger partial charge in [-0.25, -0.2) is 9.97 Å². The van der Waals surface area contributed by atoms with Gasteiger partial charge in [-0.3, -0.25) is 9.78 Å². The molecule has 2 aromatic heterocycles. The fourth-order valence-electron chi connectivity index (χ4n) is 2.09. The van der Waals surface area contributed by atoms with E-state index in [2.05, 4.69) is 25.6 Å². The maximum atomic E-state index is 12.2. The third-order valence-corrected chi connectivity index (χ3v) is 3.24. The molecule has 126 valence electrons. The molecule has 0 aliphatic carbocycles. The highest BCUT2D eigenvalue weighted by Gasteiger charge is 2.07. The first-order valence-corrected chi connectivity index (χ1v) is 7.76. The van der Waals surface area contributed by atoms with Crippen LogP contribution in [-0.4, -0.2) is 34.0 Å². The minimum absolute atomic E-state index is 0.193. The predicted molar refractivity (Wildman–Crippen MR) is 93.8 cm³/mol. The fraction of sp³-hybridized carbons (Fsp3) is 0.111. The number of anilines is 2. The van der Waals surface area contributed by atoms with Crippen molar-refractivity contribution in [1.82, 2.24) is 20.3 Å². The first kappa shape index (κ1) is 16.4. The standard InChI is InChI=1S/C18H17N5O2/c24-18(22-10-11-25-15-4-2-1-3-5-15)14-6-7-20-16(12-14)23-17-13-19-8-9-21-17/h1-9,12-13H,10-11H2,(H,22,24)(H,20,21,23). The number of nitrogens with zero attached hydrogens (tertiary/aromatic N) is 3. The van der Waals surface area contributed by atoms with Gasteiger partial charge in [0, 0.05) is 24.2 Å². The van der Waals surface area contributed by atoms with Crippen molar-refractivity contribution < 1.29 is 9.53 Å². The number of hydrogen-bond donors (Lipinski definition) is 2. The molecule has 3 aromatic rings. The van der Waals surface area contributed by atoms with Crippen LogP contribution < -0.4 is 15.4 Å². The number of rotatable bonds is 7. The number of hydrogen-bond acceptors (Lipinski definition) is 6. The molecule has 3 rings (SSSR count). The number of amides is 1. The second kappa shape index (κ2) is 8.39. The maximum Gasteiger partial charge on any atom is 0.251 e. The Kier molecular flexibility index (Phi) is 5.50. The van der Waals surface area contributed by atoms with Crippen LogP contribution in [0.25, 0.3) is 0 Å². The van der Waals surface area contributed by atoms with Gasteiger partial charge in [-0.05, 0) is 24.3 Å². The van der Waals surface area contributed by atoms with Crippen LogP contribution in [-0.2, 0) is 0 Å². The summed E-state index contributed by atoms with van der Waals surface area (Å²) in [6, 6.07) is 12.8. The minimum Gasteiger partial charge on any atom is -0.492 e. The first-order valence-electron chi connectivity index (χ1n) is 7.76. The molecule has 0 saturated carbocycles. The summed E-state index contributed by atoms with van der Waals surface area (Å²) in [4.78, 5) is 24.5. The van der Waals surface area contributed by atoms with Crippen LogP contribution in [0, 0.1) is 0 Å². The average Bonchev–Trinajstić information content (AvgIpc) is 2.67. The number of aromatic nitrogens is 3. The van der Waals surface area contributed by atoms with Crippen molar-refractivity contribution >= 4 is 17.5 Å². The smallest absolute Gasteiger partial charge is 0.251 e. The fourth-order valence-corrected chi connectivity index (χ4v) is 2.09. The molecule has 0 fully saturated rings. The van der Waals surface area contributed by atoms with Gasteiger partial charge in [0.05, 0.1) is 12.7 Å². The summed E-state index contributed by atoms with van der Waals surface area (Å²) in [5, 5.41) is 5.81. The van der Waals surface area contributed by atoms with E-state index in [-0.39, 0.29) is 5.91 Å². The molecule has 0 aliphatic rings. The van der Waals surface area contributed by atoms with Crippen LogP contribution in [0.5, 0.6) is 5.75 Å². The van der Waals surface area contributed by atoms with Crippen LogP contribution in [0.4, 0.5) is 11.6 Å². The lowest BCUT2D eigenvalue weighted by molar-refractivity contribution is 0.0947. The van der Waals surface area contributed by atoms with Gasteiger partial charge in [0.2, 0.25) is 0 Å². The van der Waals surface area contributed by atoms with Crippen molar-refractivity contribution in [2.45, 2.75) is 0 Å². The highest BCUT2D eigenvalue weighted by molar-refractivity contribution is 5.94. The molecule has 7 nitrogen and oxygen atoms in total. The van der Waals surface area contributed by atoms with E-state index >= 15 is 0 Å². The van der Waals surface area contributed by atoms with E-state index in [0.29, 0.717) is 30.4 Å². The SMILES string of the molecule is O=C(NCCOc1ccccc1)c1ccnc(Nc2cnccn2)c1. The number of benzene rings is 1. The Labute approximate surface area is 145 Å². The van der Waals surface area contributed by atoms with Crippen molar-refractivity contribution in [1.29, 1.82) is 0 Å². The second-order valence-corrected chi connectivity index (χ2v) is 5.06. The molecule has 7 heteroatoms. The number of carbonyl (C=O) groups is 1. The van der Waals surface area contributed by atoms with Crippen LogP contribution in [0.15, 0.2) is 67.3 Å². The molecule has 0 bridgehead atoms. The van der Waals surface area contributed by atoms with Gasteiger partial charge >= 0.3 is 0 Å². The number of nitrogens with one attached hydrogen (secondary N) is 2. The Bertz CT molecular complexity index is 812. The Hall–Kier alpha value is -3.48. The first-order chi connectivity index (χ1) is 12.3. The van der Waals surface area contributed by atoms with Crippen molar-refractivity contribution in [2.24, 2.45) is 0 Å². The topological polar surface area (TPSA) is 89.0 Å². The molecule has 0 aliphatic heterocycles. The zero-order valence-electron chi connectivity index (χ0n) is 13.4. The Morgan fingerprint density at radius 1 is 1.00 bits per heavy atom. The molecule has 2 heterocycles. The number of carbonyl (C=O) groups excluding carboxylic acids is 1. The Morgan fingerprint density at radius 3 is 2.64 bits per heavy atom. The molecule has 0 spiro atoms. The number of ether oxygens (including phenoxy) is 1. The van der Waals surface area contributed by atoms with E-state index < -0.39 is 0 Å². The summed E-state index contributed by atoms with van der Waals surface area (Å²) < 4.78 is 5.54. The van der Waals surface area contributed by atoms with E-state index in [0.717, 1.165) is 5.75 Å². The second-order valence-electron chi connectivity index (χ2n) is 5.06. The summed E-state index contributed by atoms with van der Waals surface area (Å²) in [7, 11) is 0. The highest BCUT2D eigenvalue weighted by Crippen LogP contribution is 2.12. The zero-order valence-corrected chi connectivity index (χ0v) is 13.4. The van der Waals surface area contributed by atoms with Gasteiger partial charge in [0.25, 0.3) is 5.91 Å². The third-order valence-electron chi connectivity index (χ3n) is 3.24. The van der Waals surface area contributed by atoms with Crippen molar-refractivity contribution in [3.05, 3.63) is 72.8 Å². The van der Waals surface area contributed by atoms with Gasteiger partial charge in [-0.15, -0.1) is 0 Å². The molecule has 1 amide bonds. The largest absolute Gasteiger partial charge is 0.492 e. The predicted octanol–water partition coefficient (Wildman–Crippen LogP) is 2.42. The summed E-state index contributed by atoms with van der Waals surface area (Å²) in [5.41, 5.74) is 0.501. The lowest BCUT2D eigenvalue weighted by Crippen LogP contribution is -2.28. The Morgan fingerprint density at radius 2 is 1.84 bits per heavy atom. The lowest BCUT2D eigenvalue weighted by atomic mass is 10.2. The van der Waals surface area contributed by atoms with E-state index in [1.807, 2.05) is 30.3 Å².